The molecule has 0 aromatic carbocycles. The number of hydrogen-bond acceptors (Lipinski definition) is 3. The summed E-state index contributed by atoms with van der Waals surface area (Å²) in [6, 6.07) is 1.33. The van der Waals surface area contributed by atoms with E-state index < -0.39 is 0 Å². The van der Waals surface area contributed by atoms with E-state index in [9.17, 15) is 0 Å². The van der Waals surface area contributed by atoms with Gasteiger partial charge in [-0.05, 0) is 45.6 Å². The zero-order valence-corrected chi connectivity index (χ0v) is 10.4. The molecule has 1 fully saturated rings. The summed E-state index contributed by atoms with van der Waals surface area (Å²) in [5.41, 5.74) is 5.76. The first-order valence-electron chi connectivity index (χ1n) is 6.13. The second-order valence-electron chi connectivity index (χ2n) is 4.86. The molecule has 0 amide bonds. The monoisotopic (exact) mass is 214 g/mol. The molecule has 0 spiro atoms. The molecule has 0 radical (unpaired) electrons. The van der Waals surface area contributed by atoms with Crippen LogP contribution in [0.4, 0.5) is 0 Å². The van der Waals surface area contributed by atoms with Crippen LogP contribution in [0.1, 0.15) is 33.1 Å². The highest BCUT2D eigenvalue weighted by molar-refractivity contribution is 4.82. The largest absolute Gasteiger partial charge is 0.385 e. The predicted octanol–water partition coefficient (Wildman–Crippen LogP) is 1.47. The summed E-state index contributed by atoms with van der Waals surface area (Å²) in [7, 11) is 1.77. The van der Waals surface area contributed by atoms with Gasteiger partial charge in [0, 0.05) is 32.3 Å². The van der Waals surface area contributed by atoms with Gasteiger partial charge in [-0.3, -0.25) is 4.90 Å². The predicted molar refractivity (Wildman–Crippen MR) is 63.9 cm³/mol. The first-order chi connectivity index (χ1) is 7.19. The van der Waals surface area contributed by atoms with Crippen molar-refractivity contribution in [2.24, 2.45) is 11.7 Å². The molecule has 2 N–H and O–H groups in total. The van der Waals surface area contributed by atoms with Crippen LogP contribution in [0.25, 0.3) is 0 Å². The highest BCUT2D eigenvalue weighted by Gasteiger charge is 2.27. The molecule has 3 heteroatoms. The molecule has 15 heavy (non-hydrogen) atoms. The van der Waals surface area contributed by atoms with Crippen molar-refractivity contribution in [3.8, 4) is 0 Å². The molecule has 3 atom stereocenters. The molecule has 1 aliphatic rings. The topological polar surface area (TPSA) is 38.5 Å². The molecule has 0 saturated carbocycles. The molecule has 0 bridgehead atoms. The van der Waals surface area contributed by atoms with Gasteiger partial charge in [0.05, 0.1) is 0 Å². The third-order valence-electron chi connectivity index (χ3n) is 3.67. The van der Waals surface area contributed by atoms with E-state index in [4.69, 9.17) is 10.5 Å². The molecular weight excluding hydrogens is 188 g/mol. The lowest BCUT2D eigenvalue weighted by molar-refractivity contribution is 0.0622. The molecule has 0 aromatic heterocycles. The Bertz CT molecular complexity index is 175. The SMILES string of the molecule is COCCC(C)N1CC(CN)CCC1C. The molecule has 90 valence electrons. The van der Waals surface area contributed by atoms with Gasteiger partial charge in [0.1, 0.15) is 0 Å². The first kappa shape index (κ1) is 12.9. The fourth-order valence-electron chi connectivity index (χ4n) is 2.47. The zero-order chi connectivity index (χ0) is 11.3. The molecule has 3 nitrogen and oxygen atoms in total. The van der Waals surface area contributed by atoms with E-state index in [0.29, 0.717) is 18.0 Å². The van der Waals surface area contributed by atoms with E-state index in [1.54, 1.807) is 7.11 Å². The third-order valence-corrected chi connectivity index (χ3v) is 3.67. The van der Waals surface area contributed by atoms with Crippen LogP contribution in [0.5, 0.6) is 0 Å². The molecular formula is C12H26N2O. The summed E-state index contributed by atoms with van der Waals surface area (Å²) in [5, 5.41) is 0. The highest BCUT2D eigenvalue weighted by atomic mass is 16.5. The maximum absolute atomic E-state index is 5.76. The Morgan fingerprint density at radius 3 is 2.80 bits per heavy atom. The van der Waals surface area contributed by atoms with E-state index in [-0.39, 0.29) is 0 Å². The molecule has 3 unspecified atom stereocenters. The number of nitrogens with zero attached hydrogens (tertiary/aromatic N) is 1. The van der Waals surface area contributed by atoms with Gasteiger partial charge in [-0.1, -0.05) is 0 Å². The van der Waals surface area contributed by atoms with E-state index >= 15 is 0 Å². The fraction of sp³-hybridized carbons (Fsp3) is 1.00. The number of ether oxygens (including phenoxy) is 1. The van der Waals surface area contributed by atoms with Crippen LogP contribution in [0.2, 0.25) is 0 Å². The summed E-state index contributed by atoms with van der Waals surface area (Å²) >= 11 is 0. The lowest BCUT2D eigenvalue weighted by Gasteiger charge is -2.41. The van der Waals surface area contributed by atoms with Crippen LogP contribution >= 0.6 is 0 Å². The third kappa shape index (κ3) is 3.74. The lowest BCUT2D eigenvalue weighted by Crippen LogP contribution is -2.48. The Morgan fingerprint density at radius 2 is 2.20 bits per heavy atom. The Morgan fingerprint density at radius 1 is 1.47 bits per heavy atom. The maximum atomic E-state index is 5.76. The number of piperidine rings is 1. The van der Waals surface area contributed by atoms with Crippen LogP contribution in [0, 0.1) is 5.92 Å². The van der Waals surface area contributed by atoms with E-state index in [1.165, 1.54) is 19.4 Å². The van der Waals surface area contributed by atoms with Crippen LogP contribution in [-0.4, -0.2) is 43.8 Å². The molecule has 1 aliphatic heterocycles. The average molecular weight is 214 g/mol. The minimum atomic E-state index is 0.620. The quantitative estimate of drug-likeness (QED) is 0.753. The summed E-state index contributed by atoms with van der Waals surface area (Å²) in [5.74, 6) is 0.700. The number of nitrogens with two attached hydrogens (primary N) is 1. The number of rotatable bonds is 5. The number of methoxy groups -OCH3 is 1. The standard InChI is InChI=1S/C12H26N2O/c1-10-4-5-12(8-13)9-14(10)11(2)6-7-15-3/h10-12H,4-9,13H2,1-3H3. The normalized spacial score (nSPS) is 30.4. The van der Waals surface area contributed by atoms with Gasteiger partial charge in [0.2, 0.25) is 0 Å². The second-order valence-corrected chi connectivity index (χ2v) is 4.86. The summed E-state index contributed by atoms with van der Waals surface area (Å²) in [6.45, 7) is 7.49. The Balaban J connectivity index is 2.42. The Kier molecular flexibility index (Phi) is 5.58. The number of hydrogen-bond donors (Lipinski definition) is 1. The van der Waals surface area contributed by atoms with Crippen LogP contribution in [0.15, 0.2) is 0 Å². The van der Waals surface area contributed by atoms with Crippen molar-refractivity contribution in [3.63, 3.8) is 0 Å². The summed E-state index contributed by atoms with van der Waals surface area (Å²) in [4.78, 5) is 2.60. The highest BCUT2D eigenvalue weighted by Crippen LogP contribution is 2.24. The van der Waals surface area contributed by atoms with E-state index in [1.807, 2.05) is 0 Å². The van der Waals surface area contributed by atoms with Crippen LogP contribution < -0.4 is 5.73 Å². The van der Waals surface area contributed by atoms with Crippen molar-refractivity contribution in [1.29, 1.82) is 0 Å². The Labute approximate surface area is 94.0 Å². The molecule has 0 aliphatic carbocycles. The van der Waals surface area contributed by atoms with Gasteiger partial charge >= 0.3 is 0 Å². The fourth-order valence-corrected chi connectivity index (χ4v) is 2.47. The van der Waals surface area contributed by atoms with Crippen molar-refractivity contribution in [3.05, 3.63) is 0 Å². The van der Waals surface area contributed by atoms with Gasteiger partial charge in [-0.25, -0.2) is 0 Å². The maximum Gasteiger partial charge on any atom is 0.0477 e. The summed E-state index contributed by atoms with van der Waals surface area (Å²) < 4.78 is 5.14. The van der Waals surface area contributed by atoms with Crippen molar-refractivity contribution in [2.75, 3.05) is 26.8 Å². The molecule has 1 saturated heterocycles. The smallest absolute Gasteiger partial charge is 0.0477 e. The minimum Gasteiger partial charge on any atom is -0.385 e. The van der Waals surface area contributed by atoms with Gasteiger partial charge in [-0.2, -0.15) is 0 Å². The van der Waals surface area contributed by atoms with Crippen molar-refractivity contribution in [1.82, 2.24) is 4.90 Å². The van der Waals surface area contributed by atoms with Gasteiger partial charge < -0.3 is 10.5 Å². The van der Waals surface area contributed by atoms with Crippen molar-refractivity contribution < 1.29 is 4.74 Å². The van der Waals surface area contributed by atoms with Gasteiger partial charge in [0.15, 0.2) is 0 Å². The molecule has 0 aromatic rings. The second kappa shape index (κ2) is 6.46. The number of likely N-dealkylation sites (tertiary alicyclic amines) is 1. The van der Waals surface area contributed by atoms with E-state index in [0.717, 1.165) is 19.6 Å². The van der Waals surface area contributed by atoms with Gasteiger partial charge in [0.25, 0.3) is 0 Å². The van der Waals surface area contributed by atoms with Crippen LogP contribution in [0.3, 0.4) is 0 Å². The summed E-state index contributed by atoms with van der Waals surface area (Å²) in [6.07, 6.45) is 3.71. The van der Waals surface area contributed by atoms with Gasteiger partial charge in [-0.15, -0.1) is 0 Å². The molecule has 1 rings (SSSR count). The van der Waals surface area contributed by atoms with Crippen molar-refractivity contribution in [2.45, 2.75) is 45.2 Å². The zero-order valence-electron chi connectivity index (χ0n) is 10.4. The lowest BCUT2D eigenvalue weighted by atomic mass is 9.92. The average Bonchev–Trinajstić information content (AvgIpc) is 2.26. The first-order valence-corrected chi connectivity index (χ1v) is 6.13. The minimum absolute atomic E-state index is 0.620. The molecule has 1 heterocycles. The van der Waals surface area contributed by atoms with Crippen molar-refractivity contribution >= 4 is 0 Å². The van der Waals surface area contributed by atoms with E-state index in [2.05, 4.69) is 18.7 Å². The Hall–Kier alpha value is -0.120. The van der Waals surface area contributed by atoms with Crippen LogP contribution in [-0.2, 0) is 4.74 Å².